The van der Waals surface area contributed by atoms with E-state index in [9.17, 15) is 4.79 Å². The molecule has 0 fully saturated rings. The second kappa shape index (κ2) is 8.57. The Labute approximate surface area is 174 Å². The number of thioether (sulfide) groups is 1. The van der Waals surface area contributed by atoms with Crippen LogP contribution in [0.3, 0.4) is 0 Å². The summed E-state index contributed by atoms with van der Waals surface area (Å²) in [7, 11) is 1.64. The molecule has 2 aromatic carbocycles. The van der Waals surface area contributed by atoms with Crippen molar-refractivity contribution in [3.8, 4) is 5.75 Å². The summed E-state index contributed by atoms with van der Waals surface area (Å²) < 4.78 is 10.8. The maximum Gasteiger partial charge on any atom is 0.253 e. The van der Waals surface area contributed by atoms with Gasteiger partial charge in [0.25, 0.3) is 5.91 Å². The third kappa shape index (κ3) is 4.38. The van der Waals surface area contributed by atoms with Gasteiger partial charge in [0.1, 0.15) is 17.6 Å². The van der Waals surface area contributed by atoms with Crippen LogP contribution in [0.15, 0.2) is 81.3 Å². The van der Waals surface area contributed by atoms with Crippen molar-refractivity contribution >= 4 is 23.4 Å². The van der Waals surface area contributed by atoms with Crippen LogP contribution in [0.4, 0.5) is 0 Å². The first kappa shape index (κ1) is 19.3. The molecule has 29 heavy (non-hydrogen) atoms. The van der Waals surface area contributed by atoms with Gasteiger partial charge in [-0.15, -0.1) is 11.8 Å². The predicted octanol–water partition coefficient (Wildman–Crippen LogP) is 5.07. The molecule has 0 saturated heterocycles. The number of rotatable bonds is 6. The molecule has 0 N–H and O–H groups in total. The quantitative estimate of drug-likeness (QED) is 0.537. The molecule has 4 rings (SSSR count). The van der Waals surface area contributed by atoms with E-state index in [-0.39, 0.29) is 11.9 Å². The van der Waals surface area contributed by atoms with Crippen LogP contribution in [0.1, 0.15) is 29.3 Å². The molecule has 5 nitrogen and oxygen atoms in total. The zero-order valence-electron chi connectivity index (χ0n) is 16.4. The smallest absolute Gasteiger partial charge is 0.253 e. The highest BCUT2D eigenvalue weighted by Gasteiger charge is 2.34. The van der Waals surface area contributed by atoms with E-state index in [0.29, 0.717) is 12.2 Å². The Bertz CT molecular complexity index is 996. The van der Waals surface area contributed by atoms with E-state index >= 15 is 0 Å². The standard InChI is InChI=1S/C23H22N2O3S/c1-16-5-7-17(8-6-16)20-14-21(22-4-3-13-28-22)25(24-20)23(26)15-29-19-11-9-18(27-2)10-12-19/h3-13,21H,14-15H2,1-2H3/t21-/m0/s1. The topological polar surface area (TPSA) is 55.0 Å². The summed E-state index contributed by atoms with van der Waals surface area (Å²) in [5, 5.41) is 6.25. The summed E-state index contributed by atoms with van der Waals surface area (Å²) in [5.41, 5.74) is 3.12. The molecular formula is C23H22N2O3S. The molecule has 6 heteroatoms. The summed E-state index contributed by atoms with van der Waals surface area (Å²) in [6.45, 7) is 2.05. The first-order valence-electron chi connectivity index (χ1n) is 9.41. The van der Waals surface area contributed by atoms with E-state index < -0.39 is 0 Å². The molecule has 1 aromatic heterocycles. The maximum absolute atomic E-state index is 13.0. The van der Waals surface area contributed by atoms with E-state index in [1.807, 2.05) is 48.5 Å². The van der Waals surface area contributed by atoms with Crippen molar-refractivity contribution in [2.45, 2.75) is 24.3 Å². The third-order valence-corrected chi connectivity index (χ3v) is 5.84. The summed E-state index contributed by atoms with van der Waals surface area (Å²) >= 11 is 1.49. The molecule has 1 aliphatic rings. The van der Waals surface area contributed by atoms with Crippen molar-refractivity contribution in [2.24, 2.45) is 5.10 Å². The van der Waals surface area contributed by atoms with E-state index in [0.717, 1.165) is 27.7 Å². The Hall–Kier alpha value is -2.99. The van der Waals surface area contributed by atoms with Crippen LogP contribution in [0, 0.1) is 6.92 Å². The van der Waals surface area contributed by atoms with E-state index in [1.165, 1.54) is 17.3 Å². The van der Waals surface area contributed by atoms with Crippen molar-refractivity contribution in [3.63, 3.8) is 0 Å². The summed E-state index contributed by atoms with van der Waals surface area (Å²) in [5.74, 6) is 1.80. The van der Waals surface area contributed by atoms with Crippen LogP contribution in [0.2, 0.25) is 0 Å². The molecule has 1 atom stereocenters. The van der Waals surface area contributed by atoms with Crippen LogP contribution in [0.25, 0.3) is 0 Å². The van der Waals surface area contributed by atoms with Crippen molar-refractivity contribution in [1.82, 2.24) is 5.01 Å². The zero-order valence-corrected chi connectivity index (χ0v) is 17.2. The second-order valence-electron chi connectivity index (χ2n) is 6.85. The van der Waals surface area contributed by atoms with Crippen LogP contribution in [0.5, 0.6) is 5.75 Å². The molecule has 0 aliphatic carbocycles. The molecule has 0 spiro atoms. The number of hydrazone groups is 1. The number of nitrogens with zero attached hydrogens (tertiary/aromatic N) is 2. The number of methoxy groups -OCH3 is 1. The average Bonchev–Trinajstić information content (AvgIpc) is 3.43. The fraction of sp³-hybridized carbons (Fsp3) is 0.217. The minimum absolute atomic E-state index is 0.0469. The molecule has 0 bridgehead atoms. The van der Waals surface area contributed by atoms with Crippen molar-refractivity contribution in [2.75, 3.05) is 12.9 Å². The summed E-state index contributed by atoms with van der Waals surface area (Å²) in [6, 6.07) is 19.4. The molecule has 0 radical (unpaired) electrons. The molecule has 1 amide bonds. The number of hydrogen-bond donors (Lipinski definition) is 0. The summed E-state index contributed by atoms with van der Waals surface area (Å²) in [4.78, 5) is 14.0. The van der Waals surface area contributed by atoms with Gasteiger partial charge in [0, 0.05) is 11.3 Å². The SMILES string of the molecule is COc1ccc(SCC(=O)N2N=C(c3ccc(C)cc3)C[C@H]2c2ccco2)cc1. The van der Waals surface area contributed by atoms with Gasteiger partial charge in [0.05, 0.1) is 24.8 Å². The Morgan fingerprint density at radius 3 is 2.59 bits per heavy atom. The maximum atomic E-state index is 13.0. The minimum atomic E-state index is -0.217. The Balaban J connectivity index is 1.52. The highest BCUT2D eigenvalue weighted by atomic mass is 32.2. The fourth-order valence-corrected chi connectivity index (χ4v) is 4.00. The second-order valence-corrected chi connectivity index (χ2v) is 7.90. The third-order valence-electron chi connectivity index (χ3n) is 4.84. The lowest BCUT2D eigenvalue weighted by Gasteiger charge is -2.19. The molecular weight excluding hydrogens is 384 g/mol. The number of benzene rings is 2. The van der Waals surface area contributed by atoms with Gasteiger partial charge in [0.15, 0.2) is 0 Å². The van der Waals surface area contributed by atoms with Crippen molar-refractivity contribution in [3.05, 3.63) is 83.8 Å². The molecule has 0 saturated carbocycles. The van der Waals surface area contributed by atoms with Gasteiger partial charge >= 0.3 is 0 Å². The number of carbonyl (C=O) groups is 1. The minimum Gasteiger partial charge on any atom is -0.497 e. The average molecular weight is 407 g/mol. The predicted molar refractivity (Wildman–Crippen MR) is 114 cm³/mol. The normalized spacial score (nSPS) is 16.0. The van der Waals surface area contributed by atoms with Gasteiger partial charge in [-0.05, 0) is 48.9 Å². The Morgan fingerprint density at radius 1 is 1.17 bits per heavy atom. The van der Waals surface area contributed by atoms with Crippen molar-refractivity contribution in [1.29, 1.82) is 0 Å². The van der Waals surface area contributed by atoms with Gasteiger partial charge in [-0.25, -0.2) is 5.01 Å². The van der Waals surface area contributed by atoms with Crippen LogP contribution < -0.4 is 4.74 Å². The number of amides is 1. The van der Waals surface area contributed by atoms with Gasteiger partial charge in [-0.1, -0.05) is 29.8 Å². The molecule has 2 heterocycles. The lowest BCUT2D eigenvalue weighted by atomic mass is 10.0. The first-order valence-corrected chi connectivity index (χ1v) is 10.4. The highest BCUT2D eigenvalue weighted by Crippen LogP contribution is 2.34. The fourth-order valence-electron chi connectivity index (χ4n) is 3.25. The van der Waals surface area contributed by atoms with Crippen LogP contribution in [-0.4, -0.2) is 29.5 Å². The van der Waals surface area contributed by atoms with Crippen molar-refractivity contribution < 1.29 is 13.9 Å². The zero-order chi connectivity index (χ0) is 20.2. The van der Waals surface area contributed by atoms with Crippen LogP contribution in [-0.2, 0) is 4.79 Å². The van der Waals surface area contributed by atoms with Gasteiger partial charge in [0.2, 0.25) is 0 Å². The lowest BCUT2D eigenvalue weighted by molar-refractivity contribution is -0.130. The largest absolute Gasteiger partial charge is 0.497 e. The molecule has 148 valence electrons. The van der Waals surface area contributed by atoms with E-state index in [1.54, 1.807) is 18.4 Å². The first-order chi connectivity index (χ1) is 14.1. The number of carbonyl (C=O) groups excluding carboxylic acids is 1. The van der Waals surface area contributed by atoms with Gasteiger partial charge in [-0.3, -0.25) is 4.79 Å². The summed E-state index contributed by atoms with van der Waals surface area (Å²) in [6.07, 6.45) is 2.27. The number of ether oxygens (including phenoxy) is 1. The number of aryl methyl sites for hydroxylation is 1. The number of furan rings is 1. The molecule has 1 aliphatic heterocycles. The van der Waals surface area contributed by atoms with E-state index in [4.69, 9.17) is 9.15 Å². The number of hydrogen-bond acceptors (Lipinski definition) is 5. The van der Waals surface area contributed by atoms with Gasteiger partial charge in [-0.2, -0.15) is 5.10 Å². The highest BCUT2D eigenvalue weighted by molar-refractivity contribution is 8.00. The molecule has 3 aromatic rings. The monoisotopic (exact) mass is 406 g/mol. The Morgan fingerprint density at radius 2 is 1.93 bits per heavy atom. The lowest BCUT2D eigenvalue weighted by Crippen LogP contribution is -2.28. The van der Waals surface area contributed by atoms with Gasteiger partial charge < -0.3 is 9.15 Å². The molecule has 0 unspecified atom stereocenters. The Kier molecular flexibility index (Phi) is 5.71. The van der Waals surface area contributed by atoms with E-state index in [2.05, 4.69) is 24.2 Å². The van der Waals surface area contributed by atoms with Crippen LogP contribution >= 0.6 is 11.8 Å².